The zero-order chi connectivity index (χ0) is 11.7. The summed E-state index contributed by atoms with van der Waals surface area (Å²) in [7, 11) is 1.64. The van der Waals surface area contributed by atoms with E-state index in [0.29, 0.717) is 5.88 Å². The van der Waals surface area contributed by atoms with E-state index < -0.39 is 0 Å². The highest BCUT2D eigenvalue weighted by molar-refractivity contribution is 5.80. The van der Waals surface area contributed by atoms with Crippen LogP contribution < -0.4 is 10.1 Å². The number of hydrogen-bond acceptors (Lipinski definition) is 3. The molecule has 1 atom stereocenters. The molecule has 1 aliphatic rings. The smallest absolute Gasteiger partial charge is 0.213 e. The highest BCUT2D eigenvalue weighted by Crippen LogP contribution is 2.26. The highest BCUT2D eigenvalue weighted by Gasteiger charge is 2.15. The van der Waals surface area contributed by atoms with Crippen molar-refractivity contribution in [3.63, 3.8) is 0 Å². The van der Waals surface area contributed by atoms with Crippen LogP contribution in [-0.4, -0.2) is 23.6 Å². The fourth-order valence-corrected chi connectivity index (χ4v) is 2.19. The van der Waals surface area contributed by atoms with Crippen LogP contribution in [0.1, 0.15) is 18.0 Å². The third kappa shape index (κ3) is 1.80. The zero-order valence-corrected chi connectivity index (χ0v) is 9.73. The van der Waals surface area contributed by atoms with Crippen LogP contribution in [0.3, 0.4) is 0 Å². The van der Waals surface area contributed by atoms with Crippen LogP contribution >= 0.6 is 0 Å². The number of nitrogens with one attached hydrogen (secondary N) is 2. The van der Waals surface area contributed by atoms with E-state index in [0.717, 1.165) is 24.0 Å². The Labute approximate surface area is 99.7 Å². The standard InChI is InChI=1S/C13H15N3O/c1-17-12-6-5-11-13(16-12)9(8-15-11)10-4-2-3-7-14-10/h2,4-6,8,10,14-15H,3,7H2,1H3. The molecule has 0 saturated heterocycles. The predicted molar refractivity (Wildman–Crippen MR) is 67.1 cm³/mol. The first kappa shape index (κ1) is 10.4. The van der Waals surface area contributed by atoms with Crippen molar-refractivity contribution in [2.75, 3.05) is 13.7 Å². The lowest BCUT2D eigenvalue weighted by Gasteiger charge is -2.17. The first-order valence-electron chi connectivity index (χ1n) is 5.80. The van der Waals surface area contributed by atoms with Gasteiger partial charge in [0.1, 0.15) is 0 Å². The van der Waals surface area contributed by atoms with Crippen LogP contribution in [0.25, 0.3) is 11.0 Å². The molecule has 2 aromatic rings. The molecule has 2 aromatic heterocycles. The van der Waals surface area contributed by atoms with E-state index in [-0.39, 0.29) is 6.04 Å². The number of aromatic nitrogens is 2. The molecule has 0 fully saturated rings. The SMILES string of the molecule is COc1ccc2[nH]cc(C3C=CCCN3)c2n1. The fraction of sp³-hybridized carbons (Fsp3) is 0.308. The lowest BCUT2D eigenvalue weighted by molar-refractivity contribution is 0.399. The Morgan fingerprint density at radius 3 is 3.12 bits per heavy atom. The van der Waals surface area contributed by atoms with Gasteiger partial charge in [-0.25, -0.2) is 4.98 Å². The number of pyridine rings is 1. The van der Waals surface area contributed by atoms with Gasteiger partial charge >= 0.3 is 0 Å². The molecular weight excluding hydrogens is 214 g/mol. The molecule has 3 rings (SSSR count). The van der Waals surface area contributed by atoms with Gasteiger partial charge in [0.25, 0.3) is 0 Å². The van der Waals surface area contributed by atoms with E-state index in [9.17, 15) is 0 Å². The fourth-order valence-electron chi connectivity index (χ4n) is 2.19. The Bertz CT molecular complexity index is 559. The van der Waals surface area contributed by atoms with Crippen molar-refractivity contribution < 1.29 is 4.74 Å². The van der Waals surface area contributed by atoms with Gasteiger partial charge < -0.3 is 15.0 Å². The second-order valence-corrected chi connectivity index (χ2v) is 4.14. The molecule has 0 aromatic carbocycles. The van der Waals surface area contributed by atoms with Crippen molar-refractivity contribution in [2.45, 2.75) is 12.5 Å². The first-order valence-corrected chi connectivity index (χ1v) is 5.80. The number of hydrogen-bond donors (Lipinski definition) is 2. The molecule has 0 radical (unpaired) electrons. The van der Waals surface area contributed by atoms with Crippen LogP contribution in [0.5, 0.6) is 5.88 Å². The Morgan fingerprint density at radius 1 is 1.41 bits per heavy atom. The van der Waals surface area contributed by atoms with E-state index in [2.05, 4.69) is 27.4 Å². The molecule has 1 unspecified atom stereocenters. The maximum Gasteiger partial charge on any atom is 0.213 e. The summed E-state index contributed by atoms with van der Waals surface area (Å²) in [5.41, 5.74) is 3.20. The Balaban J connectivity index is 2.09. The van der Waals surface area contributed by atoms with E-state index >= 15 is 0 Å². The normalized spacial score (nSPS) is 19.7. The van der Waals surface area contributed by atoms with E-state index in [1.54, 1.807) is 7.11 Å². The van der Waals surface area contributed by atoms with Crippen molar-refractivity contribution in [3.05, 3.63) is 36.0 Å². The molecule has 1 aliphatic heterocycles. The summed E-state index contributed by atoms with van der Waals surface area (Å²) in [6.45, 7) is 1.01. The Morgan fingerprint density at radius 2 is 2.35 bits per heavy atom. The number of aromatic amines is 1. The number of ether oxygens (including phenoxy) is 1. The summed E-state index contributed by atoms with van der Waals surface area (Å²) in [6.07, 6.45) is 7.51. The second-order valence-electron chi connectivity index (χ2n) is 4.14. The van der Waals surface area contributed by atoms with Gasteiger partial charge in [-0.2, -0.15) is 0 Å². The average molecular weight is 229 g/mol. The molecule has 4 heteroatoms. The minimum absolute atomic E-state index is 0.247. The summed E-state index contributed by atoms with van der Waals surface area (Å²) in [4.78, 5) is 7.75. The van der Waals surface area contributed by atoms with Crippen molar-refractivity contribution in [1.82, 2.24) is 15.3 Å². The largest absolute Gasteiger partial charge is 0.481 e. The summed E-state index contributed by atoms with van der Waals surface area (Å²) >= 11 is 0. The molecule has 0 bridgehead atoms. The number of H-pyrrole nitrogens is 1. The molecule has 0 saturated carbocycles. The quantitative estimate of drug-likeness (QED) is 0.776. The van der Waals surface area contributed by atoms with Crippen molar-refractivity contribution in [3.8, 4) is 5.88 Å². The van der Waals surface area contributed by atoms with E-state index in [1.807, 2.05) is 18.3 Å². The lowest BCUT2D eigenvalue weighted by atomic mass is 10.1. The topological polar surface area (TPSA) is 49.9 Å². The number of nitrogens with zero attached hydrogens (tertiary/aromatic N) is 1. The van der Waals surface area contributed by atoms with Gasteiger partial charge in [0.2, 0.25) is 5.88 Å². The van der Waals surface area contributed by atoms with E-state index in [1.165, 1.54) is 5.56 Å². The monoisotopic (exact) mass is 229 g/mol. The summed E-state index contributed by atoms with van der Waals surface area (Å²) in [5, 5.41) is 3.46. The summed E-state index contributed by atoms with van der Waals surface area (Å²) < 4.78 is 5.17. The van der Waals surface area contributed by atoms with Gasteiger partial charge in [-0.05, 0) is 19.0 Å². The van der Waals surface area contributed by atoms with Gasteiger partial charge in [-0.3, -0.25) is 0 Å². The molecule has 0 spiro atoms. The molecular formula is C13H15N3O. The summed E-state index contributed by atoms with van der Waals surface area (Å²) in [6, 6.07) is 4.11. The molecule has 0 amide bonds. The van der Waals surface area contributed by atoms with Gasteiger partial charge in [-0.1, -0.05) is 12.2 Å². The van der Waals surface area contributed by atoms with Crippen LogP contribution in [0.2, 0.25) is 0 Å². The zero-order valence-electron chi connectivity index (χ0n) is 9.73. The first-order chi connectivity index (χ1) is 8.38. The summed E-state index contributed by atoms with van der Waals surface area (Å²) in [5.74, 6) is 0.651. The third-order valence-electron chi connectivity index (χ3n) is 3.07. The van der Waals surface area contributed by atoms with E-state index in [4.69, 9.17) is 4.74 Å². The number of methoxy groups -OCH3 is 1. The second kappa shape index (κ2) is 4.22. The van der Waals surface area contributed by atoms with Gasteiger partial charge in [0.15, 0.2) is 0 Å². The maximum atomic E-state index is 5.17. The Kier molecular flexibility index (Phi) is 2.57. The average Bonchev–Trinajstić information content (AvgIpc) is 2.82. The molecule has 2 N–H and O–H groups in total. The van der Waals surface area contributed by atoms with Crippen molar-refractivity contribution >= 4 is 11.0 Å². The molecule has 3 heterocycles. The van der Waals surface area contributed by atoms with Crippen molar-refractivity contribution in [2.24, 2.45) is 0 Å². The van der Waals surface area contributed by atoms with Gasteiger partial charge in [0, 0.05) is 17.8 Å². The lowest BCUT2D eigenvalue weighted by Crippen LogP contribution is -2.23. The predicted octanol–water partition coefficient (Wildman–Crippen LogP) is 2.16. The van der Waals surface area contributed by atoms with Gasteiger partial charge in [-0.15, -0.1) is 0 Å². The van der Waals surface area contributed by atoms with Crippen LogP contribution in [0, 0.1) is 0 Å². The van der Waals surface area contributed by atoms with Crippen LogP contribution in [0.4, 0.5) is 0 Å². The number of fused-ring (bicyclic) bond motifs is 1. The third-order valence-corrected chi connectivity index (χ3v) is 3.07. The molecule has 17 heavy (non-hydrogen) atoms. The maximum absolute atomic E-state index is 5.17. The van der Waals surface area contributed by atoms with Crippen molar-refractivity contribution in [1.29, 1.82) is 0 Å². The Hall–Kier alpha value is -1.81. The molecule has 88 valence electrons. The number of rotatable bonds is 2. The minimum atomic E-state index is 0.247. The van der Waals surface area contributed by atoms with Crippen LogP contribution in [0.15, 0.2) is 30.5 Å². The van der Waals surface area contributed by atoms with Gasteiger partial charge in [0.05, 0.1) is 24.2 Å². The van der Waals surface area contributed by atoms with Crippen LogP contribution in [-0.2, 0) is 0 Å². The molecule has 0 aliphatic carbocycles. The minimum Gasteiger partial charge on any atom is -0.481 e. The molecule has 4 nitrogen and oxygen atoms in total. The highest BCUT2D eigenvalue weighted by atomic mass is 16.5.